The SMILES string of the molecule is COc1ccc(CNc2ccc(C(=O)NCCc3ccccc3)cn2)cc1. The topological polar surface area (TPSA) is 63.2 Å². The minimum absolute atomic E-state index is 0.111. The molecule has 0 unspecified atom stereocenters. The van der Waals surface area contributed by atoms with E-state index in [4.69, 9.17) is 4.74 Å². The minimum Gasteiger partial charge on any atom is -0.497 e. The van der Waals surface area contributed by atoms with Crippen LogP contribution in [0.3, 0.4) is 0 Å². The van der Waals surface area contributed by atoms with Crippen molar-refractivity contribution in [3.63, 3.8) is 0 Å². The molecule has 0 radical (unpaired) electrons. The van der Waals surface area contributed by atoms with Gasteiger partial charge < -0.3 is 15.4 Å². The molecule has 1 heterocycles. The van der Waals surface area contributed by atoms with Crippen LogP contribution in [-0.2, 0) is 13.0 Å². The maximum Gasteiger partial charge on any atom is 0.252 e. The molecule has 2 aromatic carbocycles. The number of amides is 1. The Kier molecular flexibility index (Phi) is 6.41. The number of methoxy groups -OCH3 is 1. The summed E-state index contributed by atoms with van der Waals surface area (Å²) in [6, 6.07) is 21.5. The summed E-state index contributed by atoms with van der Waals surface area (Å²) in [5.74, 6) is 1.45. The molecule has 0 atom stereocenters. The highest BCUT2D eigenvalue weighted by Crippen LogP contribution is 2.13. The Morgan fingerprint density at radius 1 is 0.963 bits per heavy atom. The van der Waals surface area contributed by atoms with Crippen molar-refractivity contribution < 1.29 is 9.53 Å². The van der Waals surface area contributed by atoms with Crippen LogP contribution in [0.25, 0.3) is 0 Å². The molecule has 1 amide bonds. The largest absolute Gasteiger partial charge is 0.497 e. The molecular weight excluding hydrogens is 338 g/mol. The fourth-order valence-corrected chi connectivity index (χ4v) is 2.64. The van der Waals surface area contributed by atoms with Gasteiger partial charge in [-0.1, -0.05) is 42.5 Å². The van der Waals surface area contributed by atoms with Gasteiger partial charge in [-0.05, 0) is 41.8 Å². The Balaban J connectivity index is 1.46. The number of carbonyl (C=O) groups is 1. The molecule has 0 aliphatic heterocycles. The van der Waals surface area contributed by atoms with E-state index in [1.807, 2.05) is 48.5 Å². The number of benzene rings is 2. The van der Waals surface area contributed by atoms with Crippen molar-refractivity contribution in [2.75, 3.05) is 19.0 Å². The van der Waals surface area contributed by atoms with Gasteiger partial charge in [0.05, 0.1) is 12.7 Å². The number of hydrogen-bond acceptors (Lipinski definition) is 4. The van der Waals surface area contributed by atoms with Crippen LogP contribution in [0.4, 0.5) is 5.82 Å². The number of nitrogens with zero attached hydrogens (tertiary/aromatic N) is 1. The van der Waals surface area contributed by atoms with Gasteiger partial charge in [0.15, 0.2) is 0 Å². The quantitative estimate of drug-likeness (QED) is 0.642. The van der Waals surface area contributed by atoms with E-state index in [1.165, 1.54) is 5.56 Å². The first-order valence-electron chi connectivity index (χ1n) is 8.89. The Hall–Kier alpha value is -3.34. The van der Waals surface area contributed by atoms with Crippen molar-refractivity contribution in [3.05, 3.63) is 89.6 Å². The van der Waals surface area contributed by atoms with Gasteiger partial charge in [-0.25, -0.2) is 4.98 Å². The van der Waals surface area contributed by atoms with E-state index >= 15 is 0 Å². The highest BCUT2D eigenvalue weighted by Gasteiger charge is 2.06. The standard InChI is InChI=1S/C22H23N3O2/c1-27-20-10-7-18(8-11-20)15-24-21-12-9-19(16-25-21)22(26)23-14-13-17-5-3-2-4-6-17/h2-12,16H,13-15H2,1H3,(H,23,26)(H,24,25). The molecule has 0 fully saturated rings. The Bertz CT molecular complexity index is 847. The summed E-state index contributed by atoms with van der Waals surface area (Å²) < 4.78 is 5.15. The van der Waals surface area contributed by atoms with Crippen molar-refractivity contribution in [2.24, 2.45) is 0 Å². The third kappa shape index (κ3) is 5.57. The molecule has 0 aliphatic carbocycles. The number of ether oxygens (including phenoxy) is 1. The van der Waals surface area contributed by atoms with Crippen LogP contribution < -0.4 is 15.4 Å². The summed E-state index contributed by atoms with van der Waals surface area (Å²) in [6.07, 6.45) is 2.40. The van der Waals surface area contributed by atoms with Crippen molar-refractivity contribution in [2.45, 2.75) is 13.0 Å². The van der Waals surface area contributed by atoms with Crippen LogP contribution in [0, 0.1) is 0 Å². The monoisotopic (exact) mass is 361 g/mol. The van der Waals surface area contributed by atoms with E-state index in [1.54, 1.807) is 19.4 Å². The van der Waals surface area contributed by atoms with E-state index in [0.29, 0.717) is 18.7 Å². The van der Waals surface area contributed by atoms with Gasteiger partial charge in [-0.2, -0.15) is 0 Å². The molecule has 27 heavy (non-hydrogen) atoms. The second-order valence-corrected chi connectivity index (χ2v) is 6.13. The van der Waals surface area contributed by atoms with Gasteiger partial charge in [0.25, 0.3) is 5.91 Å². The van der Waals surface area contributed by atoms with Gasteiger partial charge in [-0.15, -0.1) is 0 Å². The van der Waals surface area contributed by atoms with Crippen LogP contribution in [0.2, 0.25) is 0 Å². The first-order valence-corrected chi connectivity index (χ1v) is 8.89. The lowest BCUT2D eigenvalue weighted by atomic mass is 10.1. The first kappa shape index (κ1) is 18.5. The van der Waals surface area contributed by atoms with E-state index in [2.05, 4.69) is 27.8 Å². The van der Waals surface area contributed by atoms with Gasteiger partial charge in [0.2, 0.25) is 0 Å². The Morgan fingerprint density at radius 2 is 1.74 bits per heavy atom. The van der Waals surface area contributed by atoms with Crippen molar-refractivity contribution in [3.8, 4) is 5.75 Å². The van der Waals surface area contributed by atoms with Crippen LogP contribution in [0.1, 0.15) is 21.5 Å². The summed E-state index contributed by atoms with van der Waals surface area (Å²) in [5, 5.41) is 6.17. The third-order valence-corrected chi connectivity index (χ3v) is 4.20. The maximum absolute atomic E-state index is 12.2. The fraction of sp³-hybridized carbons (Fsp3) is 0.182. The zero-order chi connectivity index (χ0) is 18.9. The molecule has 3 aromatic rings. The van der Waals surface area contributed by atoms with Gasteiger partial charge in [-0.3, -0.25) is 4.79 Å². The van der Waals surface area contributed by atoms with Crippen molar-refractivity contribution >= 4 is 11.7 Å². The number of hydrogen-bond donors (Lipinski definition) is 2. The van der Waals surface area contributed by atoms with Crippen LogP contribution in [-0.4, -0.2) is 24.5 Å². The molecule has 0 saturated carbocycles. The highest BCUT2D eigenvalue weighted by molar-refractivity contribution is 5.94. The number of nitrogens with one attached hydrogen (secondary N) is 2. The van der Waals surface area contributed by atoms with Crippen LogP contribution >= 0.6 is 0 Å². The number of anilines is 1. The molecule has 3 rings (SSSR count). The Morgan fingerprint density at radius 3 is 2.41 bits per heavy atom. The molecule has 2 N–H and O–H groups in total. The number of aromatic nitrogens is 1. The zero-order valence-corrected chi connectivity index (χ0v) is 15.3. The van der Waals surface area contributed by atoms with E-state index in [9.17, 15) is 4.79 Å². The lowest BCUT2D eigenvalue weighted by molar-refractivity contribution is 0.0954. The number of carbonyl (C=O) groups excluding carboxylic acids is 1. The molecule has 5 heteroatoms. The zero-order valence-electron chi connectivity index (χ0n) is 15.3. The number of pyridine rings is 1. The molecular formula is C22H23N3O2. The van der Waals surface area contributed by atoms with Crippen LogP contribution in [0.15, 0.2) is 72.9 Å². The smallest absolute Gasteiger partial charge is 0.252 e. The normalized spacial score (nSPS) is 10.3. The first-order chi connectivity index (χ1) is 13.2. The highest BCUT2D eigenvalue weighted by atomic mass is 16.5. The molecule has 0 spiro atoms. The second kappa shape index (κ2) is 9.38. The van der Waals surface area contributed by atoms with Crippen LogP contribution in [0.5, 0.6) is 5.75 Å². The summed E-state index contributed by atoms with van der Waals surface area (Å²) in [7, 11) is 1.65. The van der Waals surface area contributed by atoms with E-state index in [-0.39, 0.29) is 5.91 Å². The fourth-order valence-electron chi connectivity index (χ4n) is 2.64. The van der Waals surface area contributed by atoms with E-state index in [0.717, 1.165) is 23.6 Å². The van der Waals surface area contributed by atoms with Gasteiger partial charge in [0.1, 0.15) is 11.6 Å². The summed E-state index contributed by atoms with van der Waals surface area (Å²) in [6.45, 7) is 1.25. The van der Waals surface area contributed by atoms with Crippen molar-refractivity contribution in [1.82, 2.24) is 10.3 Å². The molecule has 0 saturated heterocycles. The molecule has 0 bridgehead atoms. The lowest BCUT2D eigenvalue weighted by Crippen LogP contribution is -2.25. The number of rotatable bonds is 8. The van der Waals surface area contributed by atoms with Crippen molar-refractivity contribution in [1.29, 1.82) is 0 Å². The predicted octanol–water partition coefficient (Wildman–Crippen LogP) is 3.67. The Labute approximate surface area is 159 Å². The average molecular weight is 361 g/mol. The third-order valence-electron chi connectivity index (χ3n) is 4.20. The maximum atomic E-state index is 12.2. The van der Waals surface area contributed by atoms with Gasteiger partial charge >= 0.3 is 0 Å². The lowest BCUT2D eigenvalue weighted by Gasteiger charge is -2.08. The second-order valence-electron chi connectivity index (χ2n) is 6.13. The average Bonchev–Trinajstić information content (AvgIpc) is 2.73. The predicted molar refractivity (Wildman–Crippen MR) is 107 cm³/mol. The molecule has 0 aliphatic rings. The summed E-state index contributed by atoms with van der Waals surface area (Å²) in [5.41, 5.74) is 2.88. The molecule has 138 valence electrons. The van der Waals surface area contributed by atoms with Gasteiger partial charge in [0, 0.05) is 19.3 Å². The molecule has 5 nitrogen and oxygen atoms in total. The minimum atomic E-state index is -0.111. The summed E-state index contributed by atoms with van der Waals surface area (Å²) in [4.78, 5) is 16.5. The summed E-state index contributed by atoms with van der Waals surface area (Å²) >= 11 is 0. The van der Waals surface area contributed by atoms with E-state index < -0.39 is 0 Å². The molecule has 1 aromatic heterocycles.